The number of carbonyl (C=O) groups excluding carboxylic acids is 1. The molecule has 1 fully saturated rings. The van der Waals surface area contributed by atoms with Crippen molar-refractivity contribution < 1.29 is 4.79 Å². The molecular weight excluding hydrogens is 212 g/mol. The van der Waals surface area contributed by atoms with Gasteiger partial charge in [0.05, 0.1) is 11.4 Å². The van der Waals surface area contributed by atoms with Gasteiger partial charge in [0.2, 0.25) is 5.91 Å². The molecule has 1 saturated carbocycles. The summed E-state index contributed by atoms with van der Waals surface area (Å²) in [7, 11) is 0. The van der Waals surface area contributed by atoms with Crippen molar-refractivity contribution in [3.05, 3.63) is 24.3 Å². The predicted octanol–water partition coefficient (Wildman–Crippen LogP) is 2.67. The quantitative estimate of drug-likeness (QED) is 0.814. The minimum Gasteiger partial charge on any atom is -0.397 e. The van der Waals surface area contributed by atoms with Crippen LogP contribution in [0.2, 0.25) is 0 Å². The first-order valence-corrected chi connectivity index (χ1v) is 6.13. The Morgan fingerprint density at radius 2 is 2.06 bits per heavy atom. The number of anilines is 2. The summed E-state index contributed by atoms with van der Waals surface area (Å²) in [6.07, 6.45) is 0.981. The van der Waals surface area contributed by atoms with Crippen molar-refractivity contribution in [3.63, 3.8) is 0 Å². The average molecular weight is 232 g/mol. The Kier molecular flexibility index (Phi) is 2.86. The second kappa shape index (κ2) is 4.06. The maximum atomic E-state index is 12.4. The second-order valence-electron chi connectivity index (χ2n) is 5.39. The van der Waals surface area contributed by atoms with E-state index in [2.05, 4.69) is 13.8 Å². The molecule has 3 heteroatoms. The average Bonchev–Trinajstić information content (AvgIpc) is 2.91. The molecule has 2 N–H and O–H groups in total. The Morgan fingerprint density at radius 3 is 2.53 bits per heavy atom. The highest BCUT2D eigenvalue weighted by Crippen LogP contribution is 2.52. The Balaban J connectivity index is 2.23. The third-order valence-corrected chi connectivity index (χ3v) is 3.62. The number of carbonyl (C=O) groups is 1. The fourth-order valence-electron chi connectivity index (χ4n) is 2.26. The summed E-state index contributed by atoms with van der Waals surface area (Å²) in [5.41, 5.74) is 7.59. The molecule has 0 bridgehead atoms. The van der Waals surface area contributed by atoms with Gasteiger partial charge in [0, 0.05) is 12.5 Å². The lowest BCUT2D eigenvalue weighted by Gasteiger charge is -2.23. The molecule has 17 heavy (non-hydrogen) atoms. The van der Waals surface area contributed by atoms with Crippen LogP contribution in [0, 0.1) is 11.3 Å². The molecular formula is C14H20N2O. The van der Waals surface area contributed by atoms with Gasteiger partial charge in [-0.05, 0) is 30.9 Å². The van der Waals surface area contributed by atoms with Gasteiger partial charge >= 0.3 is 0 Å². The molecule has 1 atom stereocenters. The number of hydrogen-bond donors (Lipinski definition) is 1. The van der Waals surface area contributed by atoms with E-state index in [4.69, 9.17) is 5.73 Å². The van der Waals surface area contributed by atoms with Crippen LogP contribution >= 0.6 is 0 Å². The molecule has 1 unspecified atom stereocenters. The first-order chi connectivity index (χ1) is 7.97. The van der Waals surface area contributed by atoms with Gasteiger partial charge in [-0.25, -0.2) is 0 Å². The summed E-state index contributed by atoms with van der Waals surface area (Å²) in [5.74, 6) is 0.359. The van der Waals surface area contributed by atoms with Crippen molar-refractivity contribution >= 4 is 17.3 Å². The van der Waals surface area contributed by atoms with Crippen molar-refractivity contribution in [2.75, 3.05) is 17.2 Å². The number of para-hydroxylation sites is 2. The fraction of sp³-hybridized carbons (Fsp3) is 0.500. The molecule has 1 aromatic carbocycles. The monoisotopic (exact) mass is 232 g/mol. The van der Waals surface area contributed by atoms with E-state index >= 15 is 0 Å². The molecule has 1 aliphatic rings. The zero-order valence-electron chi connectivity index (χ0n) is 10.7. The Labute approximate surface area is 103 Å². The van der Waals surface area contributed by atoms with Crippen LogP contribution in [-0.2, 0) is 4.79 Å². The van der Waals surface area contributed by atoms with Crippen molar-refractivity contribution in [2.45, 2.75) is 27.2 Å². The summed E-state index contributed by atoms with van der Waals surface area (Å²) in [6.45, 7) is 6.93. The lowest BCUT2D eigenvalue weighted by molar-refractivity contribution is -0.120. The lowest BCUT2D eigenvalue weighted by atomic mass is 10.1. The molecule has 0 aliphatic heterocycles. The summed E-state index contributed by atoms with van der Waals surface area (Å²) >= 11 is 0. The first kappa shape index (κ1) is 12.0. The van der Waals surface area contributed by atoms with E-state index in [-0.39, 0.29) is 17.2 Å². The van der Waals surface area contributed by atoms with Crippen molar-refractivity contribution in [2.24, 2.45) is 11.3 Å². The highest BCUT2D eigenvalue weighted by molar-refractivity contribution is 5.99. The molecule has 92 valence electrons. The van der Waals surface area contributed by atoms with Crippen LogP contribution in [0.25, 0.3) is 0 Å². The summed E-state index contributed by atoms with van der Waals surface area (Å²) in [6, 6.07) is 7.55. The van der Waals surface area contributed by atoms with Crippen LogP contribution in [-0.4, -0.2) is 12.5 Å². The van der Waals surface area contributed by atoms with Gasteiger partial charge < -0.3 is 10.6 Å². The Hall–Kier alpha value is -1.51. The first-order valence-electron chi connectivity index (χ1n) is 6.13. The van der Waals surface area contributed by atoms with Crippen LogP contribution in [0.4, 0.5) is 11.4 Å². The standard InChI is InChI=1S/C14H20N2O/c1-4-16(12-8-6-5-7-11(12)15)13(17)10-9-14(10,2)3/h5-8,10H,4,9,15H2,1-3H3. The van der Waals surface area contributed by atoms with E-state index in [1.165, 1.54) is 0 Å². The minimum absolute atomic E-state index is 0.155. The number of nitrogens with two attached hydrogens (primary N) is 1. The number of amides is 1. The Morgan fingerprint density at radius 1 is 1.47 bits per heavy atom. The van der Waals surface area contributed by atoms with Gasteiger partial charge in [-0.15, -0.1) is 0 Å². The van der Waals surface area contributed by atoms with Crippen LogP contribution in [0.3, 0.4) is 0 Å². The van der Waals surface area contributed by atoms with Crippen molar-refractivity contribution in [3.8, 4) is 0 Å². The number of benzene rings is 1. The van der Waals surface area contributed by atoms with Crippen molar-refractivity contribution in [1.29, 1.82) is 0 Å². The SMILES string of the molecule is CCN(C(=O)C1CC1(C)C)c1ccccc1N. The van der Waals surface area contributed by atoms with E-state index in [9.17, 15) is 4.79 Å². The van der Waals surface area contributed by atoms with E-state index in [0.29, 0.717) is 12.2 Å². The molecule has 2 rings (SSSR count). The zero-order chi connectivity index (χ0) is 12.6. The predicted molar refractivity (Wildman–Crippen MR) is 70.8 cm³/mol. The maximum Gasteiger partial charge on any atom is 0.230 e. The molecule has 3 nitrogen and oxygen atoms in total. The van der Waals surface area contributed by atoms with Gasteiger partial charge in [0.25, 0.3) is 0 Å². The van der Waals surface area contributed by atoms with Crippen LogP contribution in [0.1, 0.15) is 27.2 Å². The smallest absolute Gasteiger partial charge is 0.230 e. The number of rotatable bonds is 3. The van der Waals surface area contributed by atoms with Crippen molar-refractivity contribution in [1.82, 2.24) is 0 Å². The number of nitrogens with zero attached hydrogens (tertiary/aromatic N) is 1. The summed E-state index contributed by atoms with van der Waals surface area (Å²) in [5, 5.41) is 0. The van der Waals surface area contributed by atoms with E-state index in [1.54, 1.807) is 4.90 Å². The van der Waals surface area contributed by atoms with Gasteiger partial charge in [-0.3, -0.25) is 4.79 Å². The summed E-state index contributed by atoms with van der Waals surface area (Å²) < 4.78 is 0. The minimum atomic E-state index is 0.155. The molecule has 0 radical (unpaired) electrons. The van der Waals surface area contributed by atoms with Gasteiger partial charge in [0.15, 0.2) is 0 Å². The molecule has 1 aliphatic carbocycles. The van der Waals surface area contributed by atoms with E-state index < -0.39 is 0 Å². The topological polar surface area (TPSA) is 46.3 Å². The highest BCUT2D eigenvalue weighted by atomic mass is 16.2. The Bertz CT molecular complexity index is 440. The lowest BCUT2D eigenvalue weighted by Crippen LogP contribution is -2.33. The number of hydrogen-bond acceptors (Lipinski definition) is 2. The normalized spacial score (nSPS) is 21.0. The molecule has 0 heterocycles. The summed E-state index contributed by atoms with van der Waals surface area (Å²) in [4.78, 5) is 14.2. The van der Waals surface area contributed by atoms with Gasteiger partial charge in [-0.1, -0.05) is 26.0 Å². The second-order valence-corrected chi connectivity index (χ2v) is 5.39. The van der Waals surface area contributed by atoms with Crippen LogP contribution in [0.15, 0.2) is 24.3 Å². The number of nitrogen functional groups attached to an aromatic ring is 1. The van der Waals surface area contributed by atoms with Gasteiger partial charge in [0.1, 0.15) is 0 Å². The fourth-order valence-corrected chi connectivity index (χ4v) is 2.26. The van der Waals surface area contributed by atoms with Gasteiger partial charge in [-0.2, -0.15) is 0 Å². The molecule has 0 saturated heterocycles. The third kappa shape index (κ3) is 2.14. The third-order valence-electron chi connectivity index (χ3n) is 3.62. The largest absolute Gasteiger partial charge is 0.397 e. The highest BCUT2D eigenvalue weighted by Gasteiger charge is 2.52. The van der Waals surface area contributed by atoms with Crippen LogP contribution < -0.4 is 10.6 Å². The molecule has 0 spiro atoms. The zero-order valence-corrected chi connectivity index (χ0v) is 10.7. The molecule has 1 aromatic rings. The maximum absolute atomic E-state index is 12.4. The van der Waals surface area contributed by atoms with E-state index in [1.807, 2.05) is 31.2 Å². The van der Waals surface area contributed by atoms with E-state index in [0.717, 1.165) is 12.1 Å². The molecule has 1 amide bonds. The molecule has 0 aromatic heterocycles. The van der Waals surface area contributed by atoms with Crippen LogP contribution in [0.5, 0.6) is 0 Å².